The molecule has 2 heterocycles. The normalized spacial score (nSPS) is 14.5. The van der Waals surface area contributed by atoms with Gasteiger partial charge in [-0.25, -0.2) is 14.6 Å². The number of carbonyl (C=O) groups excluding carboxylic acids is 2. The van der Waals surface area contributed by atoms with Crippen LogP contribution in [0.2, 0.25) is 0 Å². The number of non-ortho nitro benzene ring substituents is 1. The Balaban J connectivity index is 1.94. The van der Waals surface area contributed by atoms with Crippen LogP contribution >= 0.6 is 27.3 Å². The third-order valence-corrected chi connectivity index (χ3v) is 7.84. The predicted molar refractivity (Wildman–Crippen MR) is 158 cm³/mol. The summed E-state index contributed by atoms with van der Waals surface area (Å²) < 4.78 is 22.8. The van der Waals surface area contributed by atoms with E-state index in [1.807, 2.05) is 0 Å². The highest BCUT2D eigenvalue weighted by Crippen LogP contribution is 2.37. The number of halogens is 1. The molecule has 3 aromatic rings. The Hall–Kier alpha value is -4.50. The van der Waals surface area contributed by atoms with E-state index >= 15 is 0 Å². The molecule has 4 rings (SSSR count). The van der Waals surface area contributed by atoms with Gasteiger partial charge < -0.3 is 24.1 Å². The molecule has 0 amide bonds. The molecule has 43 heavy (non-hydrogen) atoms. The summed E-state index contributed by atoms with van der Waals surface area (Å²) in [6.07, 6.45) is 1.33. The number of nitro groups is 1. The number of ether oxygens (including phenoxy) is 4. The summed E-state index contributed by atoms with van der Waals surface area (Å²) in [7, 11) is 1.24. The van der Waals surface area contributed by atoms with Gasteiger partial charge in [-0.3, -0.25) is 19.5 Å². The number of hydrogen-bond acceptors (Lipinski definition) is 12. The van der Waals surface area contributed by atoms with Crippen molar-refractivity contribution in [3.8, 4) is 17.2 Å². The summed E-state index contributed by atoms with van der Waals surface area (Å²) >= 11 is 4.09. The van der Waals surface area contributed by atoms with Crippen LogP contribution in [0.15, 0.2) is 55.9 Å². The lowest BCUT2D eigenvalue weighted by atomic mass is 9.95. The maximum absolute atomic E-state index is 13.9. The fourth-order valence-electron chi connectivity index (χ4n) is 4.35. The van der Waals surface area contributed by atoms with Crippen LogP contribution < -0.4 is 24.4 Å². The van der Waals surface area contributed by atoms with Crippen LogP contribution in [0.1, 0.15) is 37.9 Å². The molecule has 1 aromatic heterocycles. The molecule has 15 heteroatoms. The summed E-state index contributed by atoms with van der Waals surface area (Å²) in [5.74, 6) is -1.06. The third kappa shape index (κ3) is 6.46. The first-order valence-corrected chi connectivity index (χ1v) is 14.4. The minimum Gasteiger partial charge on any atom is -0.506 e. The Morgan fingerprint density at radius 1 is 1.19 bits per heavy atom. The van der Waals surface area contributed by atoms with Crippen molar-refractivity contribution < 1.29 is 38.6 Å². The van der Waals surface area contributed by atoms with Crippen LogP contribution in [-0.4, -0.2) is 53.5 Å². The van der Waals surface area contributed by atoms with E-state index in [-0.39, 0.29) is 67.7 Å². The van der Waals surface area contributed by atoms with Gasteiger partial charge in [0, 0.05) is 17.7 Å². The molecule has 1 aliphatic heterocycles. The largest absolute Gasteiger partial charge is 0.506 e. The Kier molecular flexibility index (Phi) is 9.66. The van der Waals surface area contributed by atoms with Crippen molar-refractivity contribution in [2.24, 2.45) is 4.99 Å². The van der Waals surface area contributed by atoms with E-state index in [1.165, 1.54) is 17.8 Å². The average Bonchev–Trinajstić information content (AvgIpc) is 3.27. The molecule has 2 aromatic carbocycles. The third-order valence-electron chi connectivity index (χ3n) is 6.25. The second-order valence-corrected chi connectivity index (χ2v) is 10.8. The van der Waals surface area contributed by atoms with Gasteiger partial charge in [-0.2, -0.15) is 0 Å². The lowest BCUT2D eigenvalue weighted by Gasteiger charge is -2.25. The van der Waals surface area contributed by atoms with Crippen molar-refractivity contribution >= 4 is 51.0 Å². The number of carbonyl (C=O) groups is 2. The van der Waals surface area contributed by atoms with Gasteiger partial charge in [0.2, 0.25) is 0 Å². The van der Waals surface area contributed by atoms with Gasteiger partial charge in [0.05, 0.1) is 51.6 Å². The van der Waals surface area contributed by atoms with E-state index in [0.29, 0.717) is 11.3 Å². The number of allylic oxidation sites excluding steroid dienone is 1. The van der Waals surface area contributed by atoms with E-state index in [0.717, 1.165) is 23.5 Å². The van der Waals surface area contributed by atoms with Gasteiger partial charge >= 0.3 is 11.9 Å². The highest BCUT2D eigenvalue weighted by molar-refractivity contribution is 9.10. The van der Waals surface area contributed by atoms with E-state index < -0.39 is 28.5 Å². The smallest absolute Gasteiger partial charge is 0.343 e. The molecule has 13 nitrogen and oxygen atoms in total. The maximum Gasteiger partial charge on any atom is 0.343 e. The zero-order chi connectivity index (χ0) is 31.4. The number of nitrogens with zero attached hydrogens (tertiary/aromatic N) is 3. The minimum absolute atomic E-state index is 0.0370. The molecule has 1 atom stereocenters. The summed E-state index contributed by atoms with van der Waals surface area (Å²) in [5, 5.41) is 21.9. The number of benzene rings is 2. The zero-order valence-electron chi connectivity index (χ0n) is 23.4. The number of hydrogen-bond donors (Lipinski definition) is 1. The Bertz CT molecular complexity index is 1830. The monoisotopic (exact) mass is 675 g/mol. The van der Waals surface area contributed by atoms with E-state index in [2.05, 4.69) is 25.7 Å². The molecule has 0 fully saturated rings. The number of fused-ring (bicyclic) bond motifs is 1. The summed E-state index contributed by atoms with van der Waals surface area (Å²) in [6.45, 7) is 5.01. The number of nitro benzene ring substituents is 1. The zero-order valence-corrected chi connectivity index (χ0v) is 25.8. The molecule has 0 bridgehead atoms. The van der Waals surface area contributed by atoms with E-state index in [1.54, 1.807) is 39.0 Å². The minimum atomic E-state index is -1.00. The van der Waals surface area contributed by atoms with Crippen molar-refractivity contribution in [3.05, 3.63) is 87.0 Å². The number of phenolic OH excluding ortho intramolecular Hbond substituents is 1. The first kappa shape index (κ1) is 31.4. The SMILES string of the molecule is CCOC(=O)C1=C(C)N=c2s/c(=C/c3cc([N+](=O)[O-])cc(Br)c3O)c(=O)n2[C@@H]1c1ccc(OCC(=O)OC)c(OCC)c1. The quantitative estimate of drug-likeness (QED) is 0.191. The van der Waals surface area contributed by atoms with Gasteiger partial charge in [-0.05, 0) is 60.5 Å². The first-order chi connectivity index (χ1) is 20.5. The molecule has 226 valence electrons. The predicted octanol–water partition coefficient (Wildman–Crippen LogP) is 3.13. The summed E-state index contributed by atoms with van der Waals surface area (Å²) in [4.78, 5) is 54.3. The molecule has 1 aliphatic rings. The molecular weight excluding hydrogens is 650 g/mol. The van der Waals surface area contributed by atoms with Crippen molar-refractivity contribution in [2.45, 2.75) is 26.8 Å². The standard InChI is InChI=1S/C28H26BrN3O10S/c1-5-40-20-10-15(7-8-19(20)42-13-22(33)39-4)24-23(27(36)41-6-2)14(3)30-28-31(24)26(35)21(43-28)11-16-9-17(32(37)38)12-18(29)25(16)34/h7-12,24,34H,5-6,13H2,1-4H3/b21-11+/t24-/m1/s1. The molecule has 0 saturated carbocycles. The Morgan fingerprint density at radius 2 is 1.93 bits per heavy atom. The van der Waals surface area contributed by atoms with Gasteiger partial charge in [-0.15, -0.1) is 0 Å². The van der Waals surface area contributed by atoms with Gasteiger partial charge in [-0.1, -0.05) is 17.4 Å². The first-order valence-electron chi connectivity index (χ1n) is 12.8. The highest BCUT2D eigenvalue weighted by atomic mass is 79.9. The lowest BCUT2D eigenvalue weighted by molar-refractivity contribution is -0.385. The fourth-order valence-corrected chi connectivity index (χ4v) is 5.85. The second kappa shape index (κ2) is 13.2. The van der Waals surface area contributed by atoms with Crippen molar-refractivity contribution in [1.82, 2.24) is 4.57 Å². The number of methoxy groups -OCH3 is 1. The molecule has 0 spiro atoms. The van der Waals surface area contributed by atoms with E-state index in [4.69, 9.17) is 14.2 Å². The molecule has 0 aliphatic carbocycles. The van der Waals surface area contributed by atoms with Crippen LogP contribution in [0, 0.1) is 10.1 Å². The molecule has 0 unspecified atom stereocenters. The lowest BCUT2D eigenvalue weighted by Crippen LogP contribution is -2.40. The van der Waals surface area contributed by atoms with Gasteiger partial charge in [0.15, 0.2) is 22.9 Å². The van der Waals surface area contributed by atoms with Crippen LogP contribution in [0.4, 0.5) is 5.69 Å². The van der Waals surface area contributed by atoms with Crippen LogP contribution in [0.3, 0.4) is 0 Å². The summed E-state index contributed by atoms with van der Waals surface area (Å²) in [5.41, 5.74) is 0.0809. The maximum atomic E-state index is 13.9. The average molecular weight is 676 g/mol. The molecule has 0 saturated heterocycles. The van der Waals surface area contributed by atoms with Crippen molar-refractivity contribution in [1.29, 1.82) is 0 Å². The van der Waals surface area contributed by atoms with Crippen LogP contribution in [-0.2, 0) is 19.1 Å². The van der Waals surface area contributed by atoms with Crippen molar-refractivity contribution in [2.75, 3.05) is 26.9 Å². The molecular formula is C28H26BrN3O10S. The van der Waals surface area contributed by atoms with Crippen LogP contribution in [0.25, 0.3) is 6.08 Å². The fraction of sp³-hybridized carbons (Fsp3) is 0.286. The second-order valence-electron chi connectivity index (χ2n) is 8.93. The van der Waals surface area contributed by atoms with Gasteiger partial charge in [0.25, 0.3) is 11.2 Å². The molecule has 0 radical (unpaired) electrons. The number of aromatic nitrogens is 1. The van der Waals surface area contributed by atoms with Crippen LogP contribution in [0.5, 0.6) is 17.2 Å². The number of esters is 2. The Labute approximate surface area is 256 Å². The number of phenols is 1. The summed E-state index contributed by atoms with van der Waals surface area (Å²) in [6, 6.07) is 6.06. The number of aromatic hydroxyl groups is 1. The van der Waals surface area contributed by atoms with E-state index in [9.17, 15) is 29.6 Å². The number of rotatable bonds is 10. The van der Waals surface area contributed by atoms with Gasteiger partial charge in [0.1, 0.15) is 5.75 Å². The molecule has 1 N–H and O–H groups in total. The Morgan fingerprint density at radius 3 is 2.58 bits per heavy atom. The number of thiazole rings is 1. The highest BCUT2D eigenvalue weighted by Gasteiger charge is 2.34. The van der Waals surface area contributed by atoms with Crippen molar-refractivity contribution in [3.63, 3.8) is 0 Å². The topological polar surface area (TPSA) is 169 Å².